The molecule has 7 nitrogen and oxygen atoms in total. The lowest BCUT2D eigenvalue weighted by Gasteiger charge is -2.22. The Balaban J connectivity index is 1.81. The van der Waals surface area contributed by atoms with E-state index in [-0.39, 0.29) is 30.7 Å². The zero-order chi connectivity index (χ0) is 23.0. The van der Waals surface area contributed by atoms with E-state index in [0.29, 0.717) is 23.5 Å². The number of benzene rings is 2. The number of carbonyl (C=O) groups is 2. The quantitative estimate of drug-likeness (QED) is 0.650. The van der Waals surface area contributed by atoms with Crippen LogP contribution in [0.2, 0.25) is 0 Å². The minimum absolute atomic E-state index is 0.0315. The number of halogens is 3. The van der Waals surface area contributed by atoms with Crippen molar-refractivity contribution in [2.45, 2.75) is 12.9 Å². The highest BCUT2D eigenvalue weighted by atomic mass is 19.4. The van der Waals surface area contributed by atoms with E-state index >= 15 is 0 Å². The van der Waals surface area contributed by atoms with Gasteiger partial charge in [-0.15, -0.1) is 13.2 Å². The van der Waals surface area contributed by atoms with Crippen molar-refractivity contribution in [3.8, 4) is 11.5 Å². The van der Waals surface area contributed by atoms with Gasteiger partial charge in [-0.05, 0) is 36.9 Å². The Morgan fingerprint density at radius 3 is 2.29 bits per heavy atom. The highest BCUT2D eigenvalue weighted by Crippen LogP contribution is 2.23. The first-order valence-corrected chi connectivity index (χ1v) is 9.27. The van der Waals surface area contributed by atoms with Crippen molar-refractivity contribution in [2.75, 3.05) is 39.6 Å². The number of methoxy groups -OCH3 is 1. The van der Waals surface area contributed by atoms with Crippen molar-refractivity contribution in [1.29, 1.82) is 0 Å². The molecule has 0 spiro atoms. The zero-order valence-electron chi connectivity index (χ0n) is 17.4. The van der Waals surface area contributed by atoms with E-state index < -0.39 is 6.36 Å². The van der Waals surface area contributed by atoms with Crippen molar-refractivity contribution in [2.24, 2.45) is 0 Å². The molecule has 0 saturated heterocycles. The number of amides is 2. The van der Waals surface area contributed by atoms with E-state index in [0.717, 1.165) is 0 Å². The summed E-state index contributed by atoms with van der Waals surface area (Å²) < 4.78 is 45.6. The number of carbonyl (C=O) groups excluding carboxylic acids is 2. The molecule has 2 aromatic rings. The maximum atomic E-state index is 12.4. The lowest BCUT2D eigenvalue weighted by atomic mass is 10.2. The molecule has 2 aromatic carbocycles. The van der Waals surface area contributed by atoms with Crippen molar-refractivity contribution < 1.29 is 32.2 Å². The average Bonchev–Trinajstić information content (AvgIpc) is 2.68. The topological polar surface area (TPSA) is 71.1 Å². The Hall–Kier alpha value is -3.27. The van der Waals surface area contributed by atoms with Crippen molar-refractivity contribution >= 4 is 17.5 Å². The Kier molecular flexibility index (Phi) is 8.26. The van der Waals surface area contributed by atoms with Gasteiger partial charge in [-0.25, -0.2) is 0 Å². The van der Waals surface area contributed by atoms with E-state index in [2.05, 4.69) is 10.1 Å². The van der Waals surface area contributed by atoms with Crippen LogP contribution in [-0.4, -0.2) is 62.3 Å². The van der Waals surface area contributed by atoms with Gasteiger partial charge in [0.05, 0.1) is 20.2 Å². The third kappa shape index (κ3) is 8.55. The molecule has 0 aromatic heterocycles. The molecular formula is C21H24F3N3O4. The summed E-state index contributed by atoms with van der Waals surface area (Å²) in [4.78, 5) is 27.6. The van der Waals surface area contributed by atoms with Crippen LogP contribution in [-0.2, 0) is 16.1 Å². The number of nitrogens with zero attached hydrogens (tertiary/aromatic N) is 2. The number of rotatable bonds is 9. The number of hydrogen-bond acceptors (Lipinski definition) is 5. The predicted molar refractivity (Wildman–Crippen MR) is 109 cm³/mol. The van der Waals surface area contributed by atoms with Crippen molar-refractivity contribution in [1.82, 2.24) is 9.80 Å². The predicted octanol–water partition coefficient (Wildman–Crippen LogP) is 3.12. The van der Waals surface area contributed by atoms with Gasteiger partial charge in [-0.3, -0.25) is 14.5 Å². The molecule has 0 heterocycles. The van der Waals surface area contributed by atoms with E-state index in [1.54, 1.807) is 36.2 Å². The van der Waals surface area contributed by atoms with E-state index in [1.165, 1.54) is 43.3 Å². The molecule has 0 aliphatic carbocycles. The van der Waals surface area contributed by atoms with E-state index in [9.17, 15) is 22.8 Å². The fraction of sp³-hybridized carbons (Fsp3) is 0.333. The second-order valence-electron chi connectivity index (χ2n) is 6.89. The summed E-state index contributed by atoms with van der Waals surface area (Å²) in [5.41, 5.74) is 1.27. The lowest BCUT2D eigenvalue weighted by Crippen LogP contribution is -2.40. The molecule has 10 heteroatoms. The van der Waals surface area contributed by atoms with Crippen LogP contribution < -0.4 is 14.8 Å². The number of alkyl halides is 3. The molecule has 0 bridgehead atoms. The van der Waals surface area contributed by atoms with Crippen molar-refractivity contribution in [3.05, 3.63) is 54.1 Å². The Labute approximate surface area is 178 Å². The number of nitrogens with one attached hydrogen (secondary N) is 1. The fourth-order valence-corrected chi connectivity index (χ4v) is 2.72. The molecule has 0 aliphatic rings. The summed E-state index contributed by atoms with van der Waals surface area (Å²) in [6, 6.07) is 12.3. The van der Waals surface area contributed by atoms with Crippen LogP contribution in [0.25, 0.3) is 0 Å². The third-order valence-electron chi connectivity index (χ3n) is 4.17. The van der Waals surface area contributed by atoms with Gasteiger partial charge >= 0.3 is 6.36 Å². The van der Waals surface area contributed by atoms with Crippen LogP contribution in [0.4, 0.5) is 18.9 Å². The minimum Gasteiger partial charge on any atom is -0.497 e. The van der Waals surface area contributed by atoms with Gasteiger partial charge < -0.3 is 19.7 Å². The number of likely N-dealkylation sites (N-methyl/N-ethyl adjacent to an activating group) is 2. The summed E-state index contributed by atoms with van der Waals surface area (Å²) in [5, 5.41) is 2.70. The molecule has 0 fully saturated rings. The van der Waals surface area contributed by atoms with Crippen LogP contribution in [0.15, 0.2) is 48.5 Å². The van der Waals surface area contributed by atoms with Crippen LogP contribution in [0.5, 0.6) is 11.5 Å². The Bertz CT molecular complexity index is 888. The monoisotopic (exact) mass is 439 g/mol. The maximum Gasteiger partial charge on any atom is 0.573 e. The summed E-state index contributed by atoms with van der Waals surface area (Å²) in [5.74, 6) is -0.342. The average molecular weight is 439 g/mol. The summed E-state index contributed by atoms with van der Waals surface area (Å²) in [6.07, 6.45) is -4.74. The van der Waals surface area contributed by atoms with E-state index in [1.807, 2.05) is 0 Å². The van der Waals surface area contributed by atoms with Gasteiger partial charge in [0.2, 0.25) is 11.8 Å². The largest absolute Gasteiger partial charge is 0.573 e. The molecular weight excluding hydrogens is 415 g/mol. The first kappa shape index (κ1) is 24.0. The van der Waals surface area contributed by atoms with Gasteiger partial charge in [0.1, 0.15) is 11.5 Å². The summed E-state index contributed by atoms with van der Waals surface area (Å²) in [7, 11) is 4.74. The molecule has 0 atom stereocenters. The highest BCUT2D eigenvalue weighted by molar-refractivity contribution is 5.94. The SMILES string of the molecule is COc1cccc(NC(=O)CN(C)C(=O)CN(C)Cc2ccc(OC(F)(F)F)cc2)c1. The molecule has 0 radical (unpaired) electrons. The normalized spacial score (nSPS) is 11.2. The van der Waals surface area contributed by atoms with Crippen LogP contribution in [0.1, 0.15) is 5.56 Å². The first-order valence-electron chi connectivity index (χ1n) is 9.27. The second-order valence-corrected chi connectivity index (χ2v) is 6.89. The molecule has 168 valence electrons. The summed E-state index contributed by atoms with van der Waals surface area (Å²) in [6.45, 7) is 0.235. The van der Waals surface area contributed by atoms with Crippen molar-refractivity contribution in [3.63, 3.8) is 0 Å². The zero-order valence-corrected chi connectivity index (χ0v) is 17.4. The van der Waals surface area contributed by atoms with Crippen LogP contribution >= 0.6 is 0 Å². The number of ether oxygens (including phenoxy) is 2. The fourth-order valence-electron chi connectivity index (χ4n) is 2.72. The Morgan fingerprint density at radius 2 is 1.68 bits per heavy atom. The van der Waals surface area contributed by atoms with Crippen LogP contribution in [0.3, 0.4) is 0 Å². The van der Waals surface area contributed by atoms with Gasteiger partial charge in [-0.2, -0.15) is 0 Å². The van der Waals surface area contributed by atoms with Crippen LogP contribution in [0, 0.1) is 0 Å². The second kappa shape index (κ2) is 10.7. The smallest absolute Gasteiger partial charge is 0.497 e. The Morgan fingerprint density at radius 1 is 1.00 bits per heavy atom. The molecule has 2 rings (SSSR count). The molecule has 2 amide bonds. The minimum atomic E-state index is -4.74. The van der Waals surface area contributed by atoms with Gasteiger partial charge in [-0.1, -0.05) is 18.2 Å². The first-order chi connectivity index (χ1) is 14.6. The summed E-state index contributed by atoms with van der Waals surface area (Å²) >= 11 is 0. The molecule has 0 saturated carbocycles. The standard InChI is InChI=1S/C21H24F3N3O4/c1-26(12-15-7-9-17(10-8-15)31-21(22,23)24)14-20(29)27(2)13-19(28)25-16-5-4-6-18(11-16)30-3/h4-11H,12-14H2,1-3H3,(H,25,28). The maximum absolute atomic E-state index is 12.4. The van der Waals surface area contributed by atoms with Gasteiger partial charge in [0, 0.05) is 25.3 Å². The van der Waals surface area contributed by atoms with E-state index in [4.69, 9.17) is 4.74 Å². The number of anilines is 1. The van der Waals surface area contributed by atoms with Gasteiger partial charge in [0.25, 0.3) is 0 Å². The molecule has 0 aliphatic heterocycles. The van der Waals surface area contributed by atoms with Gasteiger partial charge in [0.15, 0.2) is 0 Å². The highest BCUT2D eigenvalue weighted by Gasteiger charge is 2.31. The number of hydrogen-bond donors (Lipinski definition) is 1. The molecule has 1 N–H and O–H groups in total. The molecule has 31 heavy (non-hydrogen) atoms. The third-order valence-corrected chi connectivity index (χ3v) is 4.17. The lowest BCUT2D eigenvalue weighted by molar-refractivity contribution is -0.274. The molecule has 0 unspecified atom stereocenters.